The van der Waals surface area contributed by atoms with E-state index in [2.05, 4.69) is 6.92 Å². The molecule has 31 heavy (non-hydrogen) atoms. The molecule has 4 rings (SSSR count). The van der Waals surface area contributed by atoms with Crippen molar-refractivity contribution in [1.29, 1.82) is 0 Å². The lowest BCUT2D eigenvalue weighted by atomic mass is 9.47. The highest BCUT2D eigenvalue weighted by Crippen LogP contribution is 2.62. The summed E-state index contributed by atoms with van der Waals surface area (Å²) in [5.41, 5.74) is 1.43. The molecule has 1 aromatic heterocycles. The van der Waals surface area contributed by atoms with Crippen LogP contribution in [0.25, 0.3) is 0 Å². The maximum atomic E-state index is 13.3. The van der Waals surface area contributed by atoms with Gasteiger partial charge in [-0.2, -0.15) is 0 Å². The largest absolute Gasteiger partial charge is 0.396 e. The second-order valence-corrected chi connectivity index (χ2v) is 11.3. The zero-order chi connectivity index (χ0) is 22.4. The van der Waals surface area contributed by atoms with E-state index in [4.69, 9.17) is 4.98 Å². The van der Waals surface area contributed by atoms with E-state index in [9.17, 15) is 15.0 Å². The molecule has 2 N–H and O–H groups in total. The van der Waals surface area contributed by atoms with Crippen LogP contribution in [-0.2, 0) is 17.8 Å². The number of benzene rings is 1. The number of aromatic nitrogens is 1. The molecule has 0 bridgehead atoms. The number of hydrogen-bond acceptors (Lipinski definition) is 5. The topological polar surface area (TPSA) is 73.7 Å². The van der Waals surface area contributed by atoms with E-state index < -0.39 is 11.5 Å². The van der Waals surface area contributed by atoms with Crippen molar-refractivity contribution in [3.63, 3.8) is 0 Å². The Balaban J connectivity index is 1.65. The average Bonchev–Trinajstić information content (AvgIpc) is 3.13. The average molecular weight is 443 g/mol. The molecule has 1 fully saturated rings. The zero-order valence-electron chi connectivity index (χ0n) is 19.0. The van der Waals surface area contributed by atoms with E-state index in [1.807, 2.05) is 56.1 Å². The first kappa shape index (κ1) is 22.4. The number of hydrogen-bond donors (Lipinski definition) is 2. The fourth-order valence-corrected chi connectivity index (χ4v) is 7.09. The second kappa shape index (κ2) is 8.30. The third kappa shape index (κ3) is 3.83. The van der Waals surface area contributed by atoms with E-state index in [1.54, 1.807) is 11.3 Å². The van der Waals surface area contributed by atoms with Crippen LogP contribution in [0.2, 0.25) is 0 Å². The van der Waals surface area contributed by atoms with Crippen molar-refractivity contribution >= 4 is 17.2 Å². The van der Waals surface area contributed by atoms with Gasteiger partial charge in [-0.05, 0) is 43.1 Å². The van der Waals surface area contributed by atoms with Gasteiger partial charge in [0, 0.05) is 36.2 Å². The number of rotatable bonds is 5. The Morgan fingerprint density at radius 3 is 2.68 bits per heavy atom. The lowest BCUT2D eigenvalue weighted by Crippen LogP contribution is -2.57. The van der Waals surface area contributed by atoms with Crippen LogP contribution < -0.4 is 0 Å². The molecule has 0 aliphatic heterocycles. The van der Waals surface area contributed by atoms with Gasteiger partial charge in [0.25, 0.3) is 0 Å². The van der Waals surface area contributed by atoms with Crippen LogP contribution in [0.4, 0.5) is 0 Å². The Kier molecular flexibility index (Phi) is 6.01. The first-order chi connectivity index (χ1) is 14.7. The van der Waals surface area contributed by atoms with Crippen molar-refractivity contribution in [1.82, 2.24) is 9.88 Å². The molecule has 5 atom stereocenters. The number of nitrogens with zero attached hydrogens (tertiary/aromatic N) is 2. The number of carbonyl (C=O) groups is 1. The lowest BCUT2D eigenvalue weighted by molar-refractivity contribution is -0.147. The van der Waals surface area contributed by atoms with E-state index in [-0.39, 0.29) is 29.8 Å². The summed E-state index contributed by atoms with van der Waals surface area (Å²) in [6.07, 6.45) is 2.18. The molecule has 1 amide bonds. The van der Waals surface area contributed by atoms with Crippen molar-refractivity contribution in [3.8, 4) is 0 Å². The molecule has 2 aliphatic carbocycles. The van der Waals surface area contributed by atoms with Gasteiger partial charge in [-0.15, -0.1) is 11.3 Å². The number of fused-ring (bicyclic) bond motifs is 2. The van der Waals surface area contributed by atoms with Crippen molar-refractivity contribution in [2.24, 2.45) is 16.7 Å². The summed E-state index contributed by atoms with van der Waals surface area (Å²) in [4.78, 5) is 21.3. The molecule has 1 aromatic carbocycles. The van der Waals surface area contributed by atoms with Crippen LogP contribution in [0.15, 0.2) is 30.3 Å². The Bertz CT molecular complexity index is 945. The van der Waals surface area contributed by atoms with E-state index in [0.717, 1.165) is 29.1 Å². The minimum atomic E-state index is -0.570. The molecule has 0 unspecified atom stereocenters. The van der Waals surface area contributed by atoms with Crippen molar-refractivity contribution in [2.75, 3.05) is 13.7 Å². The number of thiazole rings is 1. The molecule has 168 valence electrons. The third-order valence-electron chi connectivity index (χ3n) is 8.07. The van der Waals surface area contributed by atoms with Crippen molar-refractivity contribution in [3.05, 3.63) is 51.5 Å². The van der Waals surface area contributed by atoms with Gasteiger partial charge in [-0.1, -0.05) is 44.2 Å². The Labute approximate surface area is 189 Å². The molecule has 1 saturated carbocycles. The standard InChI is InChI=1S/C25H34N2O3S/c1-16-26-23-18(12-22(30)27(4)14-17-8-6-5-7-9-17)24(2)11-10-21(29)25(3,15-28)20(24)13-19(23)31-16/h5-9,18,20-21,28-29H,10-15H2,1-4H3/t18-,20-,21-,24+,25+/m1/s1. The van der Waals surface area contributed by atoms with Crippen LogP contribution in [0.5, 0.6) is 0 Å². The lowest BCUT2D eigenvalue weighted by Gasteiger charge is -2.58. The Hall–Kier alpha value is -1.76. The third-order valence-corrected chi connectivity index (χ3v) is 9.08. The maximum Gasteiger partial charge on any atom is 0.223 e. The van der Waals surface area contributed by atoms with Gasteiger partial charge >= 0.3 is 0 Å². The predicted molar refractivity (Wildman–Crippen MR) is 123 cm³/mol. The smallest absolute Gasteiger partial charge is 0.223 e. The summed E-state index contributed by atoms with van der Waals surface area (Å²) in [5.74, 6) is 0.220. The first-order valence-electron chi connectivity index (χ1n) is 11.2. The highest BCUT2D eigenvalue weighted by molar-refractivity contribution is 7.11. The molecule has 0 spiro atoms. The number of aliphatic hydroxyl groups is 2. The van der Waals surface area contributed by atoms with Gasteiger partial charge in [0.05, 0.1) is 23.4 Å². The molecule has 6 heteroatoms. The number of amides is 1. The summed E-state index contributed by atoms with van der Waals surface area (Å²) in [6, 6.07) is 10.1. The molecule has 5 nitrogen and oxygen atoms in total. The number of aryl methyl sites for hydroxylation is 1. The number of carbonyl (C=O) groups excluding carboxylic acids is 1. The SMILES string of the molecule is Cc1nc2c(s1)C[C@H]1[C@](C)(CO)[C@H](O)CC[C@@]1(C)[C@@H]2CC(=O)N(C)Cc1ccccc1. The summed E-state index contributed by atoms with van der Waals surface area (Å²) in [5, 5.41) is 22.1. The van der Waals surface area contributed by atoms with Crippen LogP contribution in [0, 0.1) is 23.7 Å². The highest BCUT2D eigenvalue weighted by atomic mass is 32.1. The number of aliphatic hydroxyl groups excluding tert-OH is 2. The van der Waals surface area contributed by atoms with Crippen molar-refractivity contribution < 1.29 is 15.0 Å². The zero-order valence-corrected chi connectivity index (χ0v) is 19.8. The normalized spacial score (nSPS) is 32.3. The monoisotopic (exact) mass is 442 g/mol. The van der Waals surface area contributed by atoms with Gasteiger partial charge in [-0.3, -0.25) is 4.79 Å². The Morgan fingerprint density at radius 1 is 1.29 bits per heavy atom. The van der Waals surface area contributed by atoms with Crippen LogP contribution in [-0.4, -0.2) is 45.8 Å². The molecule has 1 heterocycles. The van der Waals surface area contributed by atoms with Crippen LogP contribution in [0.3, 0.4) is 0 Å². The quantitative estimate of drug-likeness (QED) is 0.736. The molecule has 2 aromatic rings. The Morgan fingerprint density at radius 2 is 2.00 bits per heavy atom. The van der Waals surface area contributed by atoms with Crippen LogP contribution in [0.1, 0.15) is 60.2 Å². The maximum absolute atomic E-state index is 13.3. The summed E-state index contributed by atoms with van der Waals surface area (Å²) >= 11 is 1.70. The molecular formula is C25H34N2O3S. The van der Waals surface area contributed by atoms with Gasteiger partial charge < -0.3 is 15.1 Å². The first-order valence-corrected chi connectivity index (χ1v) is 12.0. The summed E-state index contributed by atoms with van der Waals surface area (Å²) in [6.45, 7) is 6.83. The predicted octanol–water partition coefficient (Wildman–Crippen LogP) is 3.92. The van der Waals surface area contributed by atoms with Crippen molar-refractivity contribution in [2.45, 2.75) is 65.0 Å². The fraction of sp³-hybridized carbons (Fsp3) is 0.600. The highest BCUT2D eigenvalue weighted by Gasteiger charge is 2.59. The minimum absolute atomic E-state index is 0.00435. The second-order valence-electron chi connectivity index (χ2n) is 10.0. The summed E-state index contributed by atoms with van der Waals surface area (Å²) < 4.78 is 0. The molecule has 2 aliphatic rings. The van der Waals surface area contributed by atoms with E-state index >= 15 is 0 Å². The van der Waals surface area contributed by atoms with Gasteiger partial charge in [0.15, 0.2) is 0 Å². The summed E-state index contributed by atoms with van der Waals surface area (Å²) in [7, 11) is 1.87. The van der Waals surface area contributed by atoms with E-state index in [1.165, 1.54) is 4.88 Å². The van der Waals surface area contributed by atoms with Crippen LogP contribution >= 0.6 is 11.3 Å². The minimum Gasteiger partial charge on any atom is -0.396 e. The van der Waals surface area contributed by atoms with Gasteiger partial charge in [0.1, 0.15) is 0 Å². The molecule has 0 radical (unpaired) electrons. The van der Waals surface area contributed by atoms with Gasteiger partial charge in [-0.25, -0.2) is 4.98 Å². The van der Waals surface area contributed by atoms with Gasteiger partial charge in [0.2, 0.25) is 5.91 Å². The fourth-order valence-electron chi connectivity index (χ4n) is 6.04. The molecule has 0 saturated heterocycles. The van der Waals surface area contributed by atoms with E-state index in [0.29, 0.717) is 19.4 Å². The molecular weight excluding hydrogens is 408 g/mol.